The molecule has 94 valence electrons. The van der Waals surface area contributed by atoms with Gasteiger partial charge in [0.2, 0.25) is 0 Å². The molecule has 1 aromatic rings. The molecule has 0 aliphatic heterocycles. The third-order valence-electron chi connectivity index (χ3n) is 2.83. The van der Waals surface area contributed by atoms with Crippen molar-refractivity contribution in [3.05, 3.63) is 29.3 Å². The van der Waals surface area contributed by atoms with Crippen LogP contribution in [0.25, 0.3) is 0 Å². The van der Waals surface area contributed by atoms with Gasteiger partial charge in [-0.1, -0.05) is 6.07 Å². The first-order chi connectivity index (χ1) is 8.04. The number of benzene rings is 1. The highest BCUT2D eigenvalue weighted by molar-refractivity contribution is 5.72. The highest BCUT2D eigenvalue weighted by Crippen LogP contribution is 2.18. The van der Waals surface area contributed by atoms with Gasteiger partial charge < -0.3 is 15.6 Å². The summed E-state index contributed by atoms with van der Waals surface area (Å²) in [4.78, 5) is 10.6. The van der Waals surface area contributed by atoms with E-state index in [4.69, 9.17) is 15.6 Å². The van der Waals surface area contributed by atoms with E-state index in [1.54, 1.807) is 7.11 Å². The van der Waals surface area contributed by atoms with Crippen LogP contribution in [0.3, 0.4) is 0 Å². The molecular formula is C13H19NO3. The van der Waals surface area contributed by atoms with Crippen LogP contribution in [0, 0.1) is 6.92 Å². The Bertz CT molecular complexity index is 390. The molecule has 4 heteroatoms. The number of carbonyl (C=O) groups is 1. The quantitative estimate of drug-likeness (QED) is 0.790. The highest BCUT2D eigenvalue weighted by Gasteiger charge is 2.10. The van der Waals surface area contributed by atoms with Gasteiger partial charge in [0, 0.05) is 0 Å². The number of hydrogen-bond donors (Lipinski definition) is 2. The van der Waals surface area contributed by atoms with Gasteiger partial charge in [-0.2, -0.15) is 0 Å². The molecule has 1 unspecified atom stereocenters. The van der Waals surface area contributed by atoms with Gasteiger partial charge in [0.25, 0.3) is 0 Å². The number of aliphatic carboxylic acids is 1. The van der Waals surface area contributed by atoms with Crippen molar-refractivity contribution in [3.8, 4) is 5.75 Å². The van der Waals surface area contributed by atoms with Gasteiger partial charge in [0.15, 0.2) is 0 Å². The number of rotatable bonds is 6. The van der Waals surface area contributed by atoms with Gasteiger partial charge in [-0.3, -0.25) is 4.79 Å². The van der Waals surface area contributed by atoms with Gasteiger partial charge in [-0.05, 0) is 49.4 Å². The SMILES string of the molecule is COc1ccc(CCCC(N)C(=O)O)c(C)c1. The number of carboxylic acid groups (broad SMARTS) is 1. The Morgan fingerprint density at radius 2 is 2.24 bits per heavy atom. The fraction of sp³-hybridized carbons (Fsp3) is 0.462. The standard InChI is InChI=1S/C13H19NO3/c1-9-8-11(17-2)7-6-10(9)4-3-5-12(14)13(15)16/h6-8,12H,3-5,14H2,1-2H3,(H,15,16). The van der Waals surface area contributed by atoms with Gasteiger partial charge in [-0.25, -0.2) is 0 Å². The third-order valence-corrected chi connectivity index (χ3v) is 2.83. The second-order valence-corrected chi connectivity index (χ2v) is 4.13. The predicted molar refractivity (Wildman–Crippen MR) is 66.3 cm³/mol. The van der Waals surface area contributed by atoms with E-state index in [2.05, 4.69) is 0 Å². The van der Waals surface area contributed by atoms with Crippen LogP contribution < -0.4 is 10.5 Å². The Labute approximate surface area is 101 Å². The normalized spacial score (nSPS) is 12.2. The van der Waals surface area contributed by atoms with Crippen molar-refractivity contribution in [1.29, 1.82) is 0 Å². The zero-order valence-electron chi connectivity index (χ0n) is 10.3. The Hall–Kier alpha value is -1.55. The van der Waals surface area contributed by atoms with Crippen LogP contribution in [0.4, 0.5) is 0 Å². The molecule has 0 bridgehead atoms. The molecule has 3 N–H and O–H groups in total. The average Bonchev–Trinajstić information content (AvgIpc) is 2.30. The highest BCUT2D eigenvalue weighted by atomic mass is 16.5. The van der Waals surface area contributed by atoms with Crippen LogP contribution in [0.5, 0.6) is 5.75 Å². The zero-order valence-corrected chi connectivity index (χ0v) is 10.3. The second kappa shape index (κ2) is 6.25. The van der Waals surface area contributed by atoms with E-state index in [-0.39, 0.29) is 0 Å². The molecule has 4 nitrogen and oxygen atoms in total. The van der Waals surface area contributed by atoms with Crippen LogP contribution in [0.1, 0.15) is 24.0 Å². The Morgan fingerprint density at radius 3 is 2.76 bits per heavy atom. The minimum Gasteiger partial charge on any atom is -0.497 e. The number of nitrogens with two attached hydrogens (primary N) is 1. The number of methoxy groups -OCH3 is 1. The molecular weight excluding hydrogens is 218 g/mol. The summed E-state index contributed by atoms with van der Waals surface area (Å²) in [5.41, 5.74) is 7.82. The van der Waals surface area contributed by atoms with Crippen molar-refractivity contribution >= 4 is 5.97 Å². The molecule has 0 aliphatic rings. The summed E-state index contributed by atoms with van der Waals surface area (Å²) in [5, 5.41) is 8.66. The lowest BCUT2D eigenvalue weighted by Gasteiger charge is -2.09. The minimum absolute atomic E-state index is 0.501. The maximum absolute atomic E-state index is 10.6. The fourth-order valence-corrected chi connectivity index (χ4v) is 1.71. The van der Waals surface area contributed by atoms with Crippen molar-refractivity contribution in [2.45, 2.75) is 32.2 Å². The zero-order chi connectivity index (χ0) is 12.8. The number of ether oxygens (including phenoxy) is 1. The molecule has 0 saturated heterocycles. The molecule has 1 atom stereocenters. The maximum atomic E-state index is 10.6. The number of aryl methyl sites for hydroxylation is 2. The Balaban J connectivity index is 2.49. The lowest BCUT2D eigenvalue weighted by molar-refractivity contribution is -0.138. The molecule has 0 aromatic heterocycles. The smallest absolute Gasteiger partial charge is 0.320 e. The summed E-state index contributed by atoms with van der Waals surface area (Å²) >= 11 is 0. The maximum Gasteiger partial charge on any atom is 0.320 e. The first kappa shape index (κ1) is 13.5. The summed E-state index contributed by atoms with van der Waals surface area (Å²) in [6.07, 6.45) is 2.12. The van der Waals surface area contributed by atoms with Crippen molar-refractivity contribution in [2.24, 2.45) is 5.73 Å². The van der Waals surface area contributed by atoms with Crippen molar-refractivity contribution in [3.63, 3.8) is 0 Å². The molecule has 0 radical (unpaired) electrons. The number of hydrogen-bond acceptors (Lipinski definition) is 3. The largest absolute Gasteiger partial charge is 0.497 e. The van der Waals surface area contributed by atoms with Gasteiger partial charge >= 0.3 is 5.97 Å². The van der Waals surface area contributed by atoms with E-state index in [1.807, 2.05) is 25.1 Å². The fourth-order valence-electron chi connectivity index (χ4n) is 1.71. The molecule has 0 spiro atoms. The van der Waals surface area contributed by atoms with E-state index in [0.717, 1.165) is 24.2 Å². The van der Waals surface area contributed by atoms with E-state index in [9.17, 15) is 4.79 Å². The first-order valence-corrected chi connectivity index (χ1v) is 5.66. The lowest BCUT2D eigenvalue weighted by Crippen LogP contribution is -2.29. The Morgan fingerprint density at radius 1 is 1.53 bits per heavy atom. The van der Waals surface area contributed by atoms with Gasteiger partial charge in [-0.15, -0.1) is 0 Å². The third kappa shape index (κ3) is 4.07. The van der Waals surface area contributed by atoms with E-state index >= 15 is 0 Å². The van der Waals surface area contributed by atoms with E-state index in [1.165, 1.54) is 5.56 Å². The van der Waals surface area contributed by atoms with E-state index in [0.29, 0.717) is 6.42 Å². The first-order valence-electron chi connectivity index (χ1n) is 5.66. The summed E-state index contributed by atoms with van der Waals surface area (Å²) < 4.78 is 5.13. The summed E-state index contributed by atoms with van der Waals surface area (Å²) in [7, 11) is 1.64. The van der Waals surface area contributed by atoms with Crippen LogP contribution in [0.2, 0.25) is 0 Å². The minimum atomic E-state index is -0.934. The molecule has 1 aromatic carbocycles. The molecule has 17 heavy (non-hydrogen) atoms. The second-order valence-electron chi connectivity index (χ2n) is 4.13. The molecule has 1 rings (SSSR count). The van der Waals surface area contributed by atoms with Crippen molar-refractivity contribution < 1.29 is 14.6 Å². The van der Waals surface area contributed by atoms with Crippen LogP contribution in [0.15, 0.2) is 18.2 Å². The predicted octanol–water partition coefficient (Wildman–Crippen LogP) is 1.74. The van der Waals surface area contributed by atoms with E-state index < -0.39 is 12.0 Å². The van der Waals surface area contributed by atoms with Crippen molar-refractivity contribution in [2.75, 3.05) is 7.11 Å². The molecule has 0 fully saturated rings. The summed E-state index contributed by atoms with van der Waals surface area (Å²) in [6.45, 7) is 2.02. The summed E-state index contributed by atoms with van der Waals surface area (Å²) in [6, 6.07) is 5.15. The van der Waals surface area contributed by atoms with Crippen LogP contribution in [-0.4, -0.2) is 24.2 Å². The van der Waals surface area contributed by atoms with Crippen molar-refractivity contribution in [1.82, 2.24) is 0 Å². The lowest BCUT2D eigenvalue weighted by atomic mass is 10.0. The molecule has 0 amide bonds. The monoisotopic (exact) mass is 237 g/mol. The summed E-state index contributed by atoms with van der Waals surface area (Å²) in [5.74, 6) is -0.0926. The van der Waals surface area contributed by atoms with Gasteiger partial charge in [0.1, 0.15) is 11.8 Å². The van der Waals surface area contributed by atoms with Crippen LogP contribution in [-0.2, 0) is 11.2 Å². The van der Waals surface area contributed by atoms with Gasteiger partial charge in [0.05, 0.1) is 7.11 Å². The molecule has 0 heterocycles. The molecule has 0 aliphatic carbocycles. The Kier molecular flexibility index (Phi) is 4.97. The van der Waals surface area contributed by atoms with Crippen LogP contribution >= 0.6 is 0 Å². The number of carboxylic acids is 1. The molecule has 0 saturated carbocycles. The topological polar surface area (TPSA) is 72.5 Å². The average molecular weight is 237 g/mol.